The first kappa shape index (κ1) is 33.1. The van der Waals surface area contributed by atoms with Crippen molar-refractivity contribution >= 4 is 76.7 Å². The van der Waals surface area contributed by atoms with Gasteiger partial charge < -0.3 is 8.91 Å². The van der Waals surface area contributed by atoms with Crippen LogP contribution >= 0.6 is 44.3 Å². The summed E-state index contributed by atoms with van der Waals surface area (Å²) in [4.78, 5) is 8.76. The summed E-state index contributed by atoms with van der Waals surface area (Å²) in [6.07, 6.45) is 0. The van der Waals surface area contributed by atoms with Gasteiger partial charge in [-0.25, -0.2) is 0 Å². The van der Waals surface area contributed by atoms with Crippen molar-refractivity contribution in [3.8, 4) is 0 Å². The van der Waals surface area contributed by atoms with E-state index >= 15 is 0 Å². The number of rotatable bonds is 4. The first-order chi connectivity index (χ1) is 7.96. The lowest BCUT2D eigenvalue weighted by Crippen LogP contribution is -2.21. The first-order valence-corrected chi connectivity index (χ1v) is 18.9. The van der Waals surface area contributed by atoms with Crippen LogP contribution in [0.15, 0.2) is 24.6 Å². The monoisotopic (exact) mass is 434 g/mol. The molecule has 0 spiro atoms. The van der Waals surface area contributed by atoms with Crippen molar-refractivity contribution in [2.45, 2.75) is 41.0 Å². The fourth-order valence-corrected chi connectivity index (χ4v) is 3.30. The van der Waals surface area contributed by atoms with E-state index in [4.69, 9.17) is 53.2 Å². The molecule has 0 saturated heterocycles. The Morgan fingerprint density at radius 2 is 1.35 bits per heavy atom. The zero-order valence-corrected chi connectivity index (χ0v) is 18.7. The van der Waals surface area contributed by atoms with Gasteiger partial charge in [0, 0.05) is 0 Å². The van der Waals surface area contributed by atoms with Crippen LogP contribution in [0.4, 0.5) is 0 Å². The fourth-order valence-electron chi connectivity index (χ4n) is 0.366. The molecule has 0 bridgehead atoms. The molecular formula is C10H30Cl4O2Si4. The molecule has 0 amide bonds. The second-order valence-corrected chi connectivity index (χ2v) is 20.8. The highest BCUT2D eigenvalue weighted by molar-refractivity contribution is 7.47. The Bertz CT molecular complexity index is 211. The SMILES string of the molecule is C.C.C=C[SiH](C)O[SiH](C)O.C=C[Si](C)(Cl)Cl.C[SiH](Cl)Cl. The topological polar surface area (TPSA) is 29.5 Å². The Morgan fingerprint density at radius 1 is 1.10 bits per heavy atom. The van der Waals surface area contributed by atoms with Crippen LogP contribution in [0.1, 0.15) is 14.9 Å². The van der Waals surface area contributed by atoms with Crippen LogP contribution in [0.25, 0.3) is 0 Å². The number of hydrogen-bond donors (Lipinski definition) is 1. The third kappa shape index (κ3) is 60.7. The molecule has 0 aromatic carbocycles. The van der Waals surface area contributed by atoms with E-state index in [1.54, 1.807) is 24.5 Å². The highest BCUT2D eigenvalue weighted by Gasteiger charge is 2.13. The molecule has 2 atom stereocenters. The van der Waals surface area contributed by atoms with Gasteiger partial charge in [-0.1, -0.05) is 26.3 Å². The maximum atomic E-state index is 8.76. The van der Waals surface area contributed by atoms with E-state index in [9.17, 15) is 0 Å². The second kappa shape index (κ2) is 20.4. The zero-order valence-electron chi connectivity index (χ0n) is 11.2. The Hall–Kier alpha value is 1.43. The van der Waals surface area contributed by atoms with Gasteiger partial charge >= 0.3 is 9.28 Å². The molecule has 1 N–H and O–H groups in total. The van der Waals surface area contributed by atoms with Crippen molar-refractivity contribution in [2.75, 3.05) is 0 Å². The smallest absolute Gasteiger partial charge is 0.305 e. The lowest BCUT2D eigenvalue weighted by Gasteiger charge is -2.07. The summed E-state index contributed by atoms with van der Waals surface area (Å²) in [6.45, 7) is 12.4. The van der Waals surface area contributed by atoms with Crippen molar-refractivity contribution in [3.05, 3.63) is 24.6 Å². The largest absolute Gasteiger partial charge is 0.437 e. The Labute approximate surface area is 150 Å². The molecule has 0 aliphatic rings. The summed E-state index contributed by atoms with van der Waals surface area (Å²) in [5.74, 6) is 0. The summed E-state index contributed by atoms with van der Waals surface area (Å²) in [6, 6.07) is 0. The molecule has 0 aliphatic heterocycles. The van der Waals surface area contributed by atoms with E-state index in [1.165, 1.54) is 0 Å². The molecular weight excluding hydrogens is 406 g/mol. The first-order valence-electron chi connectivity index (χ1n) is 5.21. The van der Waals surface area contributed by atoms with Gasteiger partial charge in [0.15, 0.2) is 9.04 Å². The van der Waals surface area contributed by atoms with Gasteiger partial charge in [0.05, 0.1) is 0 Å². The van der Waals surface area contributed by atoms with E-state index in [0.29, 0.717) is 0 Å². The number of halogens is 4. The molecule has 0 saturated carbocycles. The van der Waals surface area contributed by atoms with Crippen molar-refractivity contribution < 1.29 is 8.91 Å². The molecule has 0 radical (unpaired) electrons. The van der Waals surface area contributed by atoms with E-state index in [0.717, 1.165) is 0 Å². The van der Waals surface area contributed by atoms with Gasteiger partial charge in [0.2, 0.25) is 7.42 Å². The van der Waals surface area contributed by atoms with Crippen molar-refractivity contribution in [3.63, 3.8) is 0 Å². The molecule has 0 rings (SSSR count). The van der Waals surface area contributed by atoms with Crippen LogP contribution in [-0.2, 0) is 4.12 Å². The van der Waals surface area contributed by atoms with Gasteiger partial charge in [-0.3, -0.25) is 0 Å². The quantitative estimate of drug-likeness (QED) is 0.508. The van der Waals surface area contributed by atoms with E-state index in [2.05, 4.69) is 13.2 Å². The minimum atomic E-state index is -1.92. The normalized spacial score (nSPS) is 12.1. The molecule has 0 fully saturated rings. The van der Waals surface area contributed by atoms with Crippen LogP contribution in [-0.4, -0.2) is 37.2 Å². The summed E-state index contributed by atoms with van der Waals surface area (Å²) in [7, 11) is -4.11. The highest BCUT2D eigenvalue weighted by Crippen LogP contribution is 2.13. The number of hydrogen-bond acceptors (Lipinski definition) is 2. The van der Waals surface area contributed by atoms with Gasteiger partial charge in [-0.05, 0) is 26.2 Å². The third-order valence-electron chi connectivity index (χ3n) is 1.10. The van der Waals surface area contributed by atoms with Gasteiger partial charge in [0.1, 0.15) is 0 Å². The van der Waals surface area contributed by atoms with Crippen molar-refractivity contribution in [1.29, 1.82) is 0 Å². The molecule has 0 aromatic rings. The maximum Gasteiger partial charge on any atom is 0.305 e. The van der Waals surface area contributed by atoms with Crippen LogP contribution in [0.3, 0.4) is 0 Å². The Kier molecular flexibility index (Phi) is 33.8. The lowest BCUT2D eigenvalue weighted by atomic mass is 11.3. The minimum absolute atomic E-state index is 0. The predicted octanol–water partition coefficient (Wildman–Crippen LogP) is 4.77. The molecule has 0 heterocycles. The van der Waals surface area contributed by atoms with Crippen LogP contribution in [0, 0.1) is 0 Å². The third-order valence-corrected chi connectivity index (χ3v) is 6.70. The average molecular weight is 437 g/mol. The molecule has 10 heteroatoms. The fraction of sp³-hybridized carbons (Fsp3) is 0.600. The van der Waals surface area contributed by atoms with Gasteiger partial charge in [-0.15, -0.1) is 35.3 Å². The summed E-state index contributed by atoms with van der Waals surface area (Å²) >= 11 is 21.4. The summed E-state index contributed by atoms with van der Waals surface area (Å²) in [5.41, 5.74) is 3.41. The molecule has 2 unspecified atom stereocenters. The maximum absolute atomic E-state index is 8.76. The van der Waals surface area contributed by atoms with E-state index in [1.807, 2.05) is 13.1 Å². The van der Waals surface area contributed by atoms with E-state index in [-0.39, 0.29) is 14.9 Å². The van der Waals surface area contributed by atoms with E-state index < -0.39 is 32.4 Å². The minimum Gasteiger partial charge on any atom is -0.437 e. The van der Waals surface area contributed by atoms with Crippen molar-refractivity contribution in [2.24, 2.45) is 0 Å². The molecule has 2 nitrogen and oxygen atoms in total. The van der Waals surface area contributed by atoms with Crippen LogP contribution in [0.5, 0.6) is 0 Å². The Balaban J connectivity index is -0.0000000564. The Morgan fingerprint density at radius 3 is 1.40 bits per heavy atom. The molecule has 0 aliphatic carbocycles. The second-order valence-electron chi connectivity index (χ2n) is 3.36. The zero-order chi connectivity index (χ0) is 15.4. The molecule has 20 heavy (non-hydrogen) atoms. The highest BCUT2D eigenvalue weighted by atomic mass is 35.7. The average Bonchev–Trinajstić information content (AvgIpc) is 2.15. The van der Waals surface area contributed by atoms with Gasteiger partial charge in [-0.2, -0.15) is 22.2 Å². The summed E-state index contributed by atoms with van der Waals surface area (Å²) in [5, 5.41) is 0. The molecule has 0 aromatic heterocycles. The van der Waals surface area contributed by atoms with Crippen LogP contribution < -0.4 is 0 Å². The van der Waals surface area contributed by atoms with Crippen LogP contribution in [0.2, 0.25) is 26.2 Å². The van der Waals surface area contributed by atoms with Gasteiger partial charge in [0.25, 0.3) is 6.69 Å². The molecule has 126 valence electrons. The lowest BCUT2D eigenvalue weighted by molar-refractivity contribution is 0.434. The predicted molar refractivity (Wildman–Crippen MR) is 111 cm³/mol. The van der Waals surface area contributed by atoms with Crippen molar-refractivity contribution in [1.82, 2.24) is 0 Å². The standard InChI is InChI=1S/C4H12O2Si2.C3H6Cl2Si.CH4Cl2Si.2CH4/c1-4-7(2)6-8(3)5;1-3-6(2,4)5;1-4(2)3;;/h4-5,7-8H,1H2,2-3H3;3H,1H2,2H3;4H,1H3;2*1H4. The summed E-state index contributed by atoms with van der Waals surface area (Å²) < 4.78 is 5.11.